The van der Waals surface area contributed by atoms with E-state index in [1.165, 1.54) is 11.8 Å². The van der Waals surface area contributed by atoms with Gasteiger partial charge in [-0.15, -0.1) is 4.91 Å². The lowest BCUT2D eigenvalue weighted by Gasteiger charge is -2.50. The standard InChI is InChI=1S/C19H18ClN7O5S2/c20-15-12(25-19(22)34-15)13(26-32)16(28)24-11-8-3-4-10(14(18(30)31)27(8)17(11)29)33-9-2-1-5-23-7(9)6-21/h1-2,5,8,11,13H,3-4,6,21H2,(H2,22,25)(H,24,28)(H,30,31)/t8-,11+,13?/m1/s1. The maximum atomic E-state index is 12.9. The Morgan fingerprint density at radius 2 is 2.24 bits per heavy atom. The highest BCUT2D eigenvalue weighted by atomic mass is 35.5. The number of carboxylic acids is 1. The van der Waals surface area contributed by atoms with Gasteiger partial charge in [0.1, 0.15) is 21.8 Å². The summed E-state index contributed by atoms with van der Waals surface area (Å²) in [4.78, 5) is 59.4. The van der Waals surface area contributed by atoms with E-state index in [0.29, 0.717) is 28.3 Å². The molecule has 1 unspecified atom stereocenters. The van der Waals surface area contributed by atoms with Crippen LogP contribution in [0, 0.1) is 4.91 Å². The van der Waals surface area contributed by atoms with Crippen molar-refractivity contribution in [1.29, 1.82) is 0 Å². The van der Waals surface area contributed by atoms with Crippen LogP contribution in [0.5, 0.6) is 0 Å². The van der Waals surface area contributed by atoms with Gasteiger partial charge in [0.05, 0.1) is 11.7 Å². The third-order valence-corrected chi connectivity index (χ3v) is 7.76. The molecule has 0 aromatic carbocycles. The molecule has 178 valence electrons. The minimum absolute atomic E-state index is 0.0430. The predicted molar refractivity (Wildman–Crippen MR) is 125 cm³/mol. The molecule has 0 bridgehead atoms. The van der Waals surface area contributed by atoms with Crippen LogP contribution >= 0.6 is 34.7 Å². The van der Waals surface area contributed by atoms with Gasteiger partial charge in [0, 0.05) is 22.5 Å². The molecule has 2 aromatic rings. The van der Waals surface area contributed by atoms with E-state index in [-0.39, 0.29) is 27.4 Å². The summed E-state index contributed by atoms with van der Waals surface area (Å²) in [5, 5.41) is 15.2. The topological polar surface area (TPSA) is 194 Å². The van der Waals surface area contributed by atoms with Crippen LogP contribution in [0.25, 0.3) is 0 Å². The fraction of sp³-hybridized carbons (Fsp3) is 0.316. The van der Waals surface area contributed by atoms with Gasteiger partial charge in [-0.25, -0.2) is 9.78 Å². The second-order valence-electron chi connectivity index (χ2n) is 7.35. The fourth-order valence-corrected chi connectivity index (χ4v) is 6.02. The molecular formula is C19H18ClN7O5S2. The number of hydrogen-bond donors (Lipinski definition) is 4. The van der Waals surface area contributed by atoms with Crippen LogP contribution in [-0.2, 0) is 20.9 Å². The highest BCUT2D eigenvalue weighted by Crippen LogP contribution is 2.44. The number of nitrogen functional groups attached to an aromatic ring is 1. The Balaban J connectivity index is 1.54. The van der Waals surface area contributed by atoms with E-state index < -0.39 is 35.9 Å². The van der Waals surface area contributed by atoms with Crippen LogP contribution in [-0.4, -0.2) is 49.8 Å². The van der Waals surface area contributed by atoms with Crippen molar-refractivity contribution in [3.8, 4) is 0 Å². The quantitative estimate of drug-likeness (QED) is 0.291. The number of halogens is 1. The lowest BCUT2D eigenvalue weighted by molar-refractivity contribution is -0.156. The molecule has 15 heteroatoms. The number of anilines is 1. The number of allylic oxidation sites excluding steroid dienone is 1. The first-order chi connectivity index (χ1) is 16.3. The van der Waals surface area contributed by atoms with Crippen molar-refractivity contribution in [2.24, 2.45) is 10.9 Å². The smallest absolute Gasteiger partial charge is 0.353 e. The summed E-state index contributed by atoms with van der Waals surface area (Å²) in [5.74, 6) is -2.74. The number of aliphatic carboxylic acids is 1. The number of carbonyl (C=O) groups is 3. The summed E-state index contributed by atoms with van der Waals surface area (Å²) < 4.78 is 0.0430. The van der Waals surface area contributed by atoms with Crippen LogP contribution in [0.2, 0.25) is 4.34 Å². The third-order valence-electron chi connectivity index (χ3n) is 5.41. The largest absolute Gasteiger partial charge is 0.477 e. The summed E-state index contributed by atoms with van der Waals surface area (Å²) in [6, 6.07) is 0.312. The molecule has 12 nitrogen and oxygen atoms in total. The first-order valence-corrected chi connectivity index (χ1v) is 11.9. The van der Waals surface area contributed by atoms with E-state index in [4.69, 9.17) is 23.1 Å². The SMILES string of the molecule is NCc1ncccc1SC1=C(C(=O)O)N2C(=O)[C@@H](NC(=O)C(N=O)c3nc(N)sc3Cl)[C@H]2CC1. The van der Waals surface area contributed by atoms with Gasteiger partial charge in [0.2, 0.25) is 6.04 Å². The molecule has 1 fully saturated rings. The van der Waals surface area contributed by atoms with Crippen LogP contribution in [0.4, 0.5) is 5.13 Å². The summed E-state index contributed by atoms with van der Waals surface area (Å²) >= 11 is 8.07. The van der Waals surface area contributed by atoms with Crippen LogP contribution in [0.1, 0.15) is 30.3 Å². The molecule has 0 saturated carbocycles. The number of thioether (sulfide) groups is 1. The summed E-state index contributed by atoms with van der Waals surface area (Å²) in [6.07, 6.45) is 2.35. The second-order valence-corrected chi connectivity index (χ2v) is 10.1. The van der Waals surface area contributed by atoms with Crippen molar-refractivity contribution in [2.75, 3.05) is 5.73 Å². The zero-order chi connectivity index (χ0) is 24.6. The van der Waals surface area contributed by atoms with Gasteiger partial charge in [0.15, 0.2) is 5.13 Å². The molecule has 6 N–H and O–H groups in total. The molecule has 0 aliphatic carbocycles. The highest BCUT2D eigenvalue weighted by Gasteiger charge is 2.54. The number of thiazole rings is 1. The average Bonchev–Trinajstić information content (AvgIpc) is 3.15. The molecule has 4 rings (SSSR count). The number of hydrogen-bond acceptors (Lipinski definition) is 11. The van der Waals surface area contributed by atoms with Crippen molar-refractivity contribution in [3.63, 3.8) is 0 Å². The van der Waals surface area contributed by atoms with E-state index in [1.807, 2.05) is 0 Å². The number of rotatable bonds is 8. The maximum absolute atomic E-state index is 12.9. The average molecular weight is 524 g/mol. The minimum atomic E-state index is -1.59. The van der Waals surface area contributed by atoms with Crippen molar-refractivity contribution >= 4 is 57.6 Å². The van der Waals surface area contributed by atoms with E-state index >= 15 is 0 Å². The van der Waals surface area contributed by atoms with Crippen LogP contribution in [0.3, 0.4) is 0 Å². The second kappa shape index (κ2) is 9.66. The van der Waals surface area contributed by atoms with Crippen LogP contribution < -0.4 is 16.8 Å². The fourth-order valence-electron chi connectivity index (χ4n) is 3.88. The summed E-state index contributed by atoms with van der Waals surface area (Å²) in [6.45, 7) is 0.179. The van der Waals surface area contributed by atoms with Gasteiger partial charge in [-0.05, 0) is 30.2 Å². The van der Waals surface area contributed by atoms with E-state index in [9.17, 15) is 24.4 Å². The number of carbonyl (C=O) groups excluding carboxylic acids is 2. The lowest BCUT2D eigenvalue weighted by atomic mass is 9.86. The molecule has 0 radical (unpaired) electrons. The Morgan fingerprint density at radius 1 is 1.47 bits per heavy atom. The maximum Gasteiger partial charge on any atom is 0.353 e. The summed E-state index contributed by atoms with van der Waals surface area (Å²) in [5.41, 5.74) is 11.7. The van der Waals surface area contributed by atoms with Gasteiger partial charge in [-0.1, -0.05) is 34.7 Å². The van der Waals surface area contributed by atoms with Crippen molar-refractivity contribution in [1.82, 2.24) is 20.2 Å². The number of aromatic nitrogens is 2. The zero-order valence-corrected chi connectivity index (χ0v) is 19.7. The number of nitrogens with zero attached hydrogens (tertiary/aromatic N) is 4. The van der Waals surface area contributed by atoms with Gasteiger partial charge in [0.25, 0.3) is 11.8 Å². The molecule has 2 aliphatic rings. The highest BCUT2D eigenvalue weighted by molar-refractivity contribution is 8.03. The Bertz CT molecular complexity index is 1220. The third kappa shape index (κ3) is 4.24. The summed E-state index contributed by atoms with van der Waals surface area (Å²) in [7, 11) is 0. The number of fused-ring (bicyclic) bond motifs is 1. The van der Waals surface area contributed by atoms with Gasteiger partial charge in [-0.2, -0.15) is 0 Å². The van der Waals surface area contributed by atoms with Crippen molar-refractivity contribution < 1.29 is 19.5 Å². The van der Waals surface area contributed by atoms with Crippen molar-refractivity contribution in [2.45, 2.75) is 42.4 Å². The molecule has 2 aliphatic heterocycles. The normalized spacial score (nSPS) is 20.4. The first-order valence-electron chi connectivity index (χ1n) is 9.92. The van der Waals surface area contributed by atoms with Gasteiger partial charge >= 0.3 is 5.97 Å². The molecule has 3 atom stereocenters. The zero-order valence-electron chi connectivity index (χ0n) is 17.3. The Labute approximate surface area is 205 Å². The Kier molecular flexibility index (Phi) is 6.84. The lowest BCUT2D eigenvalue weighted by Crippen LogP contribution is -2.71. The molecule has 34 heavy (non-hydrogen) atoms. The van der Waals surface area contributed by atoms with E-state index in [0.717, 1.165) is 16.2 Å². The van der Waals surface area contributed by atoms with Gasteiger partial charge < -0.3 is 21.9 Å². The molecule has 1 saturated heterocycles. The minimum Gasteiger partial charge on any atom is -0.477 e. The molecule has 4 heterocycles. The van der Waals surface area contributed by atoms with Crippen LogP contribution in [0.15, 0.2) is 39.0 Å². The predicted octanol–water partition coefficient (Wildman–Crippen LogP) is 1.62. The Morgan fingerprint density at radius 3 is 2.85 bits per heavy atom. The molecule has 0 spiro atoms. The Hall–Kier alpha value is -3.07. The molecule has 2 amide bonds. The number of nitrogens with one attached hydrogen (secondary N) is 1. The number of β-lactam (4-membered cyclic amide) rings is 1. The van der Waals surface area contributed by atoms with Gasteiger partial charge in [-0.3, -0.25) is 19.5 Å². The number of nitroso groups, excluding NO2 is 1. The van der Waals surface area contributed by atoms with E-state index in [1.54, 1.807) is 18.3 Å². The number of amides is 2. The monoisotopic (exact) mass is 523 g/mol. The molecule has 2 aromatic heterocycles. The first kappa shape index (κ1) is 24.1. The number of pyridine rings is 1. The number of carboxylic acid groups (broad SMARTS) is 1. The number of nitrogens with two attached hydrogens (primary N) is 2. The molecular weight excluding hydrogens is 506 g/mol. The van der Waals surface area contributed by atoms with Crippen molar-refractivity contribution in [3.05, 3.63) is 49.6 Å². The van der Waals surface area contributed by atoms with E-state index in [2.05, 4.69) is 20.5 Å².